The maximum Gasteiger partial charge on any atom is 0.137 e. The SMILES string of the molecule is COc1cncc(C(O)c2ncc(Br)cc2Br)c1. The van der Waals surface area contributed by atoms with E-state index in [1.165, 1.54) is 0 Å². The largest absolute Gasteiger partial charge is 0.495 e. The van der Waals surface area contributed by atoms with Crippen molar-refractivity contribution < 1.29 is 9.84 Å². The van der Waals surface area contributed by atoms with Crippen molar-refractivity contribution in [2.24, 2.45) is 0 Å². The normalized spacial score (nSPS) is 12.2. The van der Waals surface area contributed by atoms with Crippen molar-refractivity contribution in [3.05, 3.63) is 50.9 Å². The quantitative estimate of drug-likeness (QED) is 0.898. The van der Waals surface area contributed by atoms with Gasteiger partial charge in [-0.3, -0.25) is 9.97 Å². The molecule has 0 saturated heterocycles. The Balaban J connectivity index is 2.37. The van der Waals surface area contributed by atoms with Crippen LogP contribution in [0.15, 0.2) is 39.7 Å². The Kier molecular flexibility index (Phi) is 4.31. The average Bonchev–Trinajstić information content (AvgIpc) is 2.38. The van der Waals surface area contributed by atoms with Gasteiger partial charge >= 0.3 is 0 Å². The Bertz CT molecular complexity index is 564. The van der Waals surface area contributed by atoms with Gasteiger partial charge in [0.15, 0.2) is 0 Å². The van der Waals surface area contributed by atoms with Crippen molar-refractivity contribution in [1.82, 2.24) is 9.97 Å². The number of pyridine rings is 2. The molecule has 4 nitrogen and oxygen atoms in total. The lowest BCUT2D eigenvalue weighted by atomic mass is 10.1. The molecule has 0 spiro atoms. The van der Waals surface area contributed by atoms with Crippen LogP contribution in [0.3, 0.4) is 0 Å². The number of ether oxygens (including phenoxy) is 1. The summed E-state index contributed by atoms with van der Waals surface area (Å²) in [6, 6.07) is 3.56. The minimum absolute atomic E-state index is 0.535. The van der Waals surface area contributed by atoms with E-state index in [2.05, 4.69) is 41.8 Å². The smallest absolute Gasteiger partial charge is 0.137 e. The first-order chi connectivity index (χ1) is 8.61. The summed E-state index contributed by atoms with van der Waals surface area (Å²) in [6.45, 7) is 0. The fraction of sp³-hybridized carbons (Fsp3) is 0.167. The third kappa shape index (κ3) is 2.88. The van der Waals surface area contributed by atoms with Gasteiger partial charge in [0.2, 0.25) is 0 Å². The summed E-state index contributed by atoms with van der Waals surface area (Å²) in [5.41, 5.74) is 1.16. The highest BCUT2D eigenvalue weighted by molar-refractivity contribution is 9.11. The van der Waals surface area contributed by atoms with E-state index < -0.39 is 6.10 Å². The number of rotatable bonds is 3. The van der Waals surface area contributed by atoms with Gasteiger partial charge < -0.3 is 9.84 Å². The molecular weight excluding hydrogens is 364 g/mol. The van der Waals surface area contributed by atoms with E-state index in [9.17, 15) is 5.11 Å². The summed E-state index contributed by atoms with van der Waals surface area (Å²) >= 11 is 6.69. The molecule has 6 heteroatoms. The van der Waals surface area contributed by atoms with Crippen LogP contribution in [0.5, 0.6) is 5.75 Å². The van der Waals surface area contributed by atoms with Gasteiger partial charge in [-0.25, -0.2) is 0 Å². The van der Waals surface area contributed by atoms with Crippen LogP contribution in [0.1, 0.15) is 17.4 Å². The van der Waals surface area contributed by atoms with Gasteiger partial charge in [-0.05, 0) is 44.0 Å². The summed E-state index contributed by atoms with van der Waals surface area (Å²) in [5, 5.41) is 10.3. The molecular formula is C12H10Br2N2O2. The molecule has 0 aromatic carbocycles. The monoisotopic (exact) mass is 372 g/mol. The lowest BCUT2D eigenvalue weighted by Gasteiger charge is -2.12. The maximum absolute atomic E-state index is 10.3. The summed E-state index contributed by atoms with van der Waals surface area (Å²) in [5.74, 6) is 0.597. The Hall–Kier alpha value is -0.980. The van der Waals surface area contributed by atoms with Crippen LogP contribution in [-0.2, 0) is 0 Å². The first-order valence-corrected chi connectivity index (χ1v) is 6.68. The summed E-state index contributed by atoms with van der Waals surface area (Å²) in [7, 11) is 1.56. The van der Waals surface area contributed by atoms with Crippen LogP contribution in [-0.4, -0.2) is 22.2 Å². The van der Waals surface area contributed by atoms with E-state index in [-0.39, 0.29) is 0 Å². The molecule has 0 radical (unpaired) electrons. The predicted molar refractivity (Wildman–Crippen MR) is 74.5 cm³/mol. The second-order valence-electron chi connectivity index (χ2n) is 3.58. The molecule has 94 valence electrons. The van der Waals surface area contributed by atoms with E-state index >= 15 is 0 Å². The summed E-state index contributed by atoms with van der Waals surface area (Å²) in [6.07, 6.45) is 3.95. The second-order valence-corrected chi connectivity index (χ2v) is 5.35. The molecule has 18 heavy (non-hydrogen) atoms. The molecule has 1 unspecified atom stereocenters. The Morgan fingerprint density at radius 3 is 2.67 bits per heavy atom. The van der Waals surface area contributed by atoms with Crippen LogP contribution in [0.4, 0.5) is 0 Å². The van der Waals surface area contributed by atoms with Crippen LogP contribution >= 0.6 is 31.9 Å². The predicted octanol–water partition coefficient (Wildman–Crippen LogP) is 3.09. The molecule has 0 aliphatic heterocycles. The fourth-order valence-electron chi connectivity index (χ4n) is 1.48. The lowest BCUT2D eigenvalue weighted by molar-refractivity contribution is 0.213. The minimum atomic E-state index is -0.852. The van der Waals surface area contributed by atoms with E-state index in [4.69, 9.17) is 4.74 Å². The molecule has 2 rings (SSSR count). The highest BCUT2D eigenvalue weighted by Gasteiger charge is 2.16. The molecule has 1 N–H and O–H groups in total. The highest BCUT2D eigenvalue weighted by atomic mass is 79.9. The van der Waals surface area contributed by atoms with Crippen LogP contribution in [0, 0.1) is 0 Å². The van der Waals surface area contributed by atoms with Crippen LogP contribution in [0.2, 0.25) is 0 Å². The minimum Gasteiger partial charge on any atom is -0.495 e. The number of nitrogens with zero attached hydrogens (tertiary/aromatic N) is 2. The number of methoxy groups -OCH3 is 1. The van der Waals surface area contributed by atoms with Gasteiger partial charge in [0.1, 0.15) is 11.9 Å². The van der Waals surface area contributed by atoms with Gasteiger partial charge in [-0.15, -0.1) is 0 Å². The molecule has 0 aliphatic rings. The molecule has 0 amide bonds. The van der Waals surface area contributed by atoms with Gasteiger partial charge in [0.25, 0.3) is 0 Å². The van der Waals surface area contributed by atoms with Crippen molar-refractivity contribution in [1.29, 1.82) is 0 Å². The van der Waals surface area contributed by atoms with Crippen LogP contribution < -0.4 is 4.74 Å². The maximum atomic E-state index is 10.3. The molecule has 2 aromatic heterocycles. The van der Waals surface area contributed by atoms with Crippen molar-refractivity contribution in [2.75, 3.05) is 7.11 Å². The number of halogens is 2. The number of hydrogen-bond donors (Lipinski definition) is 1. The third-order valence-corrected chi connectivity index (χ3v) is 3.45. The van der Waals surface area contributed by atoms with Gasteiger partial charge in [-0.1, -0.05) is 0 Å². The molecule has 0 bridgehead atoms. The van der Waals surface area contributed by atoms with Crippen molar-refractivity contribution in [3.63, 3.8) is 0 Å². The van der Waals surface area contributed by atoms with Crippen molar-refractivity contribution >= 4 is 31.9 Å². The molecule has 0 saturated carbocycles. The Labute approximate surface area is 121 Å². The topological polar surface area (TPSA) is 55.2 Å². The first-order valence-electron chi connectivity index (χ1n) is 5.09. The standard InChI is InChI=1S/C12H10Br2N2O2/c1-18-9-2-7(4-15-6-9)12(17)11-10(14)3-8(13)5-16-11/h2-6,12,17H,1H3. The fourth-order valence-corrected chi connectivity index (χ4v) is 2.69. The zero-order valence-corrected chi connectivity index (χ0v) is 12.6. The van der Waals surface area contributed by atoms with E-state index in [0.29, 0.717) is 17.0 Å². The van der Waals surface area contributed by atoms with E-state index in [1.807, 2.05) is 6.07 Å². The Morgan fingerprint density at radius 1 is 1.22 bits per heavy atom. The Morgan fingerprint density at radius 2 is 2.00 bits per heavy atom. The molecule has 2 aromatic rings. The average molecular weight is 374 g/mol. The zero-order chi connectivity index (χ0) is 13.1. The number of aliphatic hydroxyl groups excluding tert-OH is 1. The molecule has 0 fully saturated rings. The van der Waals surface area contributed by atoms with Crippen molar-refractivity contribution in [3.8, 4) is 5.75 Å². The zero-order valence-electron chi connectivity index (χ0n) is 9.47. The number of aromatic nitrogens is 2. The van der Waals surface area contributed by atoms with Gasteiger partial charge in [-0.2, -0.15) is 0 Å². The lowest BCUT2D eigenvalue weighted by Crippen LogP contribution is -2.04. The summed E-state index contributed by atoms with van der Waals surface area (Å²) < 4.78 is 6.65. The van der Waals surface area contributed by atoms with Gasteiger partial charge in [0, 0.05) is 26.9 Å². The van der Waals surface area contributed by atoms with Gasteiger partial charge in [0.05, 0.1) is 19.0 Å². The van der Waals surface area contributed by atoms with E-state index in [1.54, 1.807) is 31.8 Å². The second kappa shape index (κ2) is 5.77. The third-order valence-electron chi connectivity index (χ3n) is 2.38. The van der Waals surface area contributed by atoms with E-state index in [0.717, 1.165) is 8.95 Å². The number of aliphatic hydroxyl groups is 1. The molecule has 1 atom stereocenters. The van der Waals surface area contributed by atoms with Crippen LogP contribution in [0.25, 0.3) is 0 Å². The molecule has 0 aliphatic carbocycles. The summed E-state index contributed by atoms with van der Waals surface area (Å²) in [4.78, 5) is 8.21. The number of hydrogen-bond acceptors (Lipinski definition) is 4. The molecule has 2 heterocycles. The van der Waals surface area contributed by atoms with Crippen molar-refractivity contribution in [2.45, 2.75) is 6.10 Å². The highest BCUT2D eigenvalue weighted by Crippen LogP contribution is 2.29. The first kappa shape index (κ1) is 13.5.